The summed E-state index contributed by atoms with van der Waals surface area (Å²) in [7, 11) is 0. The van der Waals surface area contributed by atoms with E-state index in [0.717, 1.165) is 12.2 Å². The molecule has 1 heterocycles. The number of carbonyl (C=O) groups is 1. The van der Waals surface area contributed by atoms with Crippen LogP contribution in [0.5, 0.6) is 0 Å². The van der Waals surface area contributed by atoms with Crippen molar-refractivity contribution in [3.8, 4) is 0 Å². The Morgan fingerprint density at radius 2 is 2.04 bits per heavy atom. The van der Waals surface area contributed by atoms with Gasteiger partial charge in [0, 0.05) is 18.3 Å². The van der Waals surface area contributed by atoms with Gasteiger partial charge in [0.05, 0.1) is 22.0 Å². The standard InChI is InChI=1S/C19H22ClN3O/c1-13-6-4-5-11-23(13)18-10-9-14(12-17(18)21)22-19(24)15-7-2-3-8-16(15)20/h2-3,7-10,12-13H,4-6,11,21H2,1H3,(H,22,24)/t13-/m0/s1. The molecule has 2 aromatic rings. The SMILES string of the molecule is C[C@H]1CCCCN1c1ccc(NC(=O)c2ccccc2Cl)cc1N. The maximum atomic E-state index is 12.3. The fourth-order valence-corrected chi connectivity index (χ4v) is 3.42. The Balaban J connectivity index is 1.77. The minimum atomic E-state index is -0.237. The molecule has 3 N–H and O–H groups in total. The number of amides is 1. The van der Waals surface area contributed by atoms with Crippen molar-refractivity contribution in [3.63, 3.8) is 0 Å². The van der Waals surface area contributed by atoms with E-state index in [1.165, 1.54) is 19.3 Å². The van der Waals surface area contributed by atoms with E-state index in [1.807, 2.05) is 18.2 Å². The van der Waals surface area contributed by atoms with Crippen molar-refractivity contribution in [3.05, 3.63) is 53.1 Å². The summed E-state index contributed by atoms with van der Waals surface area (Å²) >= 11 is 6.07. The molecule has 1 atom stereocenters. The highest BCUT2D eigenvalue weighted by molar-refractivity contribution is 6.34. The number of benzene rings is 2. The summed E-state index contributed by atoms with van der Waals surface area (Å²) in [5.41, 5.74) is 9.08. The molecule has 5 heteroatoms. The molecule has 0 saturated carbocycles. The monoisotopic (exact) mass is 343 g/mol. The number of hydrogen-bond donors (Lipinski definition) is 2. The van der Waals surface area contributed by atoms with Crippen molar-refractivity contribution in [2.45, 2.75) is 32.2 Å². The lowest BCUT2D eigenvalue weighted by atomic mass is 10.0. The van der Waals surface area contributed by atoms with E-state index in [9.17, 15) is 4.79 Å². The molecule has 0 unspecified atom stereocenters. The molecule has 1 amide bonds. The van der Waals surface area contributed by atoms with Gasteiger partial charge in [0.1, 0.15) is 0 Å². The molecule has 0 aromatic heterocycles. The molecule has 1 saturated heterocycles. The summed E-state index contributed by atoms with van der Waals surface area (Å²) in [6, 6.07) is 13.2. The second kappa shape index (κ2) is 7.14. The van der Waals surface area contributed by atoms with E-state index >= 15 is 0 Å². The van der Waals surface area contributed by atoms with E-state index in [1.54, 1.807) is 24.3 Å². The number of nitrogen functional groups attached to an aromatic ring is 1. The van der Waals surface area contributed by atoms with Crippen LogP contribution in [0.4, 0.5) is 17.1 Å². The number of hydrogen-bond acceptors (Lipinski definition) is 3. The Bertz CT molecular complexity index is 747. The minimum absolute atomic E-state index is 0.237. The summed E-state index contributed by atoms with van der Waals surface area (Å²) in [4.78, 5) is 14.7. The van der Waals surface area contributed by atoms with Crippen molar-refractivity contribution >= 4 is 34.6 Å². The third kappa shape index (κ3) is 3.49. The van der Waals surface area contributed by atoms with Gasteiger partial charge >= 0.3 is 0 Å². The predicted molar refractivity (Wildman–Crippen MR) is 101 cm³/mol. The summed E-state index contributed by atoms with van der Waals surface area (Å²) in [6.45, 7) is 3.25. The van der Waals surface area contributed by atoms with Gasteiger partial charge in [-0.15, -0.1) is 0 Å². The van der Waals surface area contributed by atoms with Gasteiger partial charge in [-0.05, 0) is 56.5 Å². The molecule has 2 aromatic carbocycles. The van der Waals surface area contributed by atoms with Gasteiger partial charge in [-0.3, -0.25) is 4.79 Å². The van der Waals surface area contributed by atoms with Gasteiger partial charge in [0.25, 0.3) is 5.91 Å². The lowest BCUT2D eigenvalue weighted by molar-refractivity contribution is 0.102. The number of carbonyl (C=O) groups excluding carboxylic acids is 1. The predicted octanol–water partition coefficient (Wildman–Crippen LogP) is 4.55. The number of nitrogens with two attached hydrogens (primary N) is 1. The highest BCUT2D eigenvalue weighted by Crippen LogP contribution is 2.31. The molecule has 0 bridgehead atoms. The molecule has 24 heavy (non-hydrogen) atoms. The second-order valence-corrected chi connectivity index (χ2v) is 6.65. The van der Waals surface area contributed by atoms with Gasteiger partial charge in [0.15, 0.2) is 0 Å². The highest BCUT2D eigenvalue weighted by Gasteiger charge is 2.20. The van der Waals surface area contributed by atoms with E-state index in [-0.39, 0.29) is 5.91 Å². The fourth-order valence-electron chi connectivity index (χ4n) is 3.19. The third-order valence-corrected chi connectivity index (χ3v) is 4.85. The molecule has 0 spiro atoms. The summed E-state index contributed by atoms with van der Waals surface area (Å²) in [6.07, 6.45) is 3.64. The lowest BCUT2D eigenvalue weighted by Gasteiger charge is -2.36. The summed E-state index contributed by atoms with van der Waals surface area (Å²) < 4.78 is 0. The Morgan fingerprint density at radius 1 is 1.25 bits per heavy atom. The minimum Gasteiger partial charge on any atom is -0.397 e. The van der Waals surface area contributed by atoms with E-state index in [4.69, 9.17) is 17.3 Å². The van der Waals surface area contributed by atoms with Crippen LogP contribution < -0.4 is 16.0 Å². The van der Waals surface area contributed by atoms with Gasteiger partial charge in [-0.2, -0.15) is 0 Å². The number of anilines is 3. The quantitative estimate of drug-likeness (QED) is 0.803. The zero-order valence-corrected chi connectivity index (χ0v) is 14.5. The van der Waals surface area contributed by atoms with Crippen LogP contribution in [-0.2, 0) is 0 Å². The average molecular weight is 344 g/mol. The van der Waals surface area contributed by atoms with Crippen LogP contribution in [-0.4, -0.2) is 18.5 Å². The molecule has 1 fully saturated rings. The first kappa shape index (κ1) is 16.7. The van der Waals surface area contributed by atoms with Crippen LogP contribution >= 0.6 is 11.6 Å². The number of halogens is 1. The fraction of sp³-hybridized carbons (Fsp3) is 0.316. The smallest absolute Gasteiger partial charge is 0.257 e. The molecule has 1 aliphatic rings. The van der Waals surface area contributed by atoms with Gasteiger partial charge < -0.3 is 16.0 Å². The van der Waals surface area contributed by atoms with Gasteiger partial charge in [0.2, 0.25) is 0 Å². The first-order valence-corrected chi connectivity index (χ1v) is 8.66. The zero-order valence-electron chi connectivity index (χ0n) is 13.8. The molecule has 0 radical (unpaired) electrons. The lowest BCUT2D eigenvalue weighted by Crippen LogP contribution is -2.37. The Hall–Kier alpha value is -2.20. The molecule has 1 aliphatic heterocycles. The maximum absolute atomic E-state index is 12.3. The second-order valence-electron chi connectivity index (χ2n) is 6.25. The maximum Gasteiger partial charge on any atom is 0.257 e. The van der Waals surface area contributed by atoms with Gasteiger partial charge in [-0.1, -0.05) is 23.7 Å². The highest BCUT2D eigenvalue weighted by atomic mass is 35.5. The van der Waals surface area contributed by atoms with E-state index < -0.39 is 0 Å². The first-order chi connectivity index (χ1) is 11.6. The molecule has 126 valence electrons. The molecular formula is C19H22ClN3O. The molecule has 3 rings (SSSR count). The van der Waals surface area contributed by atoms with Crippen molar-refractivity contribution < 1.29 is 4.79 Å². The van der Waals surface area contributed by atoms with Gasteiger partial charge in [-0.25, -0.2) is 0 Å². The number of nitrogens with zero attached hydrogens (tertiary/aromatic N) is 1. The Labute approximate surface area is 147 Å². The van der Waals surface area contributed by atoms with Crippen LogP contribution in [0.2, 0.25) is 5.02 Å². The summed E-state index contributed by atoms with van der Waals surface area (Å²) in [5, 5.41) is 3.29. The molecular weight excluding hydrogens is 322 g/mol. The van der Waals surface area contributed by atoms with Crippen LogP contribution in [0, 0.1) is 0 Å². The Kier molecular flexibility index (Phi) is 4.95. The number of nitrogens with one attached hydrogen (secondary N) is 1. The zero-order chi connectivity index (χ0) is 17.1. The van der Waals surface area contributed by atoms with Crippen LogP contribution in [0.15, 0.2) is 42.5 Å². The van der Waals surface area contributed by atoms with Crippen molar-refractivity contribution in [2.24, 2.45) is 0 Å². The van der Waals surface area contributed by atoms with E-state index in [0.29, 0.717) is 28.0 Å². The Morgan fingerprint density at radius 3 is 2.75 bits per heavy atom. The van der Waals surface area contributed by atoms with Crippen molar-refractivity contribution in [1.82, 2.24) is 0 Å². The average Bonchev–Trinajstić information content (AvgIpc) is 2.56. The largest absolute Gasteiger partial charge is 0.397 e. The van der Waals surface area contributed by atoms with E-state index in [2.05, 4.69) is 17.1 Å². The first-order valence-electron chi connectivity index (χ1n) is 8.28. The van der Waals surface area contributed by atoms with Crippen molar-refractivity contribution in [2.75, 3.05) is 22.5 Å². The van der Waals surface area contributed by atoms with Crippen LogP contribution in [0.1, 0.15) is 36.5 Å². The summed E-state index contributed by atoms with van der Waals surface area (Å²) in [5.74, 6) is -0.237. The third-order valence-electron chi connectivity index (χ3n) is 4.52. The topological polar surface area (TPSA) is 58.4 Å². The molecule has 4 nitrogen and oxygen atoms in total. The number of piperidine rings is 1. The number of rotatable bonds is 3. The van der Waals surface area contributed by atoms with Crippen LogP contribution in [0.3, 0.4) is 0 Å². The normalized spacial score (nSPS) is 17.6. The molecule has 0 aliphatic carbocycles. The van der Waals surface area contributed by atoms with Crippen LogP contribution in [0.25, 0.3) is 0 Å². The van der Waals surface area contributed by atoms with Crippen molar-refractivity contribution in [1.29, 1.82) is 0 Å².